The molecule has 3 rings (SSSR count). The number of nitrogens with one attached hydrogen (secondary N) is 1. The minimum Gasteiger partial charge on any atom is -0.317 e. The lowest BCUT2D eigenvalue weighted by Crippen LogP contribution is -2.48. The summed E-state index contributed by atoms with van der Waals surface area (Å²) in [5.41, 5.74) is 0. The fraction of sp³-hybridized carbons (Fsp3) is 1.00. The molecule has 122 valence electrons. The summed E-state index contributed by atoms with van der Waals surface area (Å²) < 4.78 is 0. The van der Waals surface area contributed by atoms with Gasteiger partial charge in [-0.3, -0.25) is 0 Å². The Morgan fingerprint density at radius 1 is 0.857 bits per heavy atom. The third kappa shape index (κ3) is 3.64. The van der Waals surface area contributed by atoms with Gasteiger partial charge in [-0.15, -0.1) is 0 Å². The Morgan fingerprint density at radius 2 is 1.52 bits per heavy atom. The van der Waals surface area contributed by atoms with Crippen LogP contribution in [0.4, 0.5) is 0 Å². The second-order valence-electron chi connectivity index (χ2n) is 8.17. The molecule has 0 unspecified atom stereocenters. The number of hydrogen-bond acceptors (Lipinski definition) is 2. The van der Waals surface area contributed by atoms with Crippen LogP contribution < -0.4 is 5.32 Å². The van der Waals surface area contributed by atoms with E-state index in [0.29, 0.717) is 0 Å². The van der Waals surface area contributed by atoms with Gasteiger partial charge in [-0.2, -0.15) is 0 Å². The van der Waals surface area contributed by atoms with Crippen LogP contribution in [0.2, 0.25) is 0 Å². The third-order valence-electron chi connectivity index (χ3n) is 6.58. The zero-order valence-corrected chi connectivity index (χ0v) is 14.3. The van der Waals surface area contributed by atoms with Crippen molar-refractivity contribution < 1.29 is 0 Å². The monoisotopic (exact) mass is 292 g/mol. The quantitative estimate of drug-likeness (QED) is 0.845. The number of hydrogen-bond donors (Lipinski definition) is 1. The van der Waals surface area contributed by atoms with Crippen molar-refractivity contribution in [2.75, 3.05) is 26.2 Å². The lowest BCUT2D eigenvalue weighted by molar-refractivity contribution is 0.0314. The molecule has 0 bridgehead atoms. The topological polar surface area (TPSA) is 15.3 Å². The molecule has 0 aromatic heterocycles. The van der Waals surface area contributed by atoms with E-state index in [1.807, 2.05) is 0 Å². The van der Waals surface area contributed by atoms with Crippen molar-refractivity contribution in [1.29, 1.82) is 0 Å². The van der Waals surface area contributed by atoms with Gasteiger partial charge in [-0.1, -0.05) is 26.7 Å². The van der Waals surface area contributed by atoms with Crippen molar-refractivity contribution >= 4 is 0 Å². The Labute approximate surface area is 132 Å². The van der Waals surface area contributed by atoms with Gasteiger partial charge in [0.2, 0.25) is 0 Å². The SMILES string of the molecule is CC(C)[C@H](C1CCNCC1)[C@H]1CCCC[C@H]1N1CCCC1. The first-order chi connectivity index (χ1) is 10.3. The first-order valence-corrected chi connectivity index (χ1v) is 9.72. The summed E-state index contributed by atoms with van der Waals surface area (Å²) in [6.45, 7) is 10.3. The highest BCUT2D eigenvalue weighted by atomic mass is 15.2. The first-order valence-electron chi connectivity index (χ1n) is 9.72. The summed E-state index contributed by atoms with van der Waals surface area (Å²) in [6.07, 6.45) is 11.7. The summed E-state index contributed by atoms with van der Waals surface area (Å²) in [7, 11) is 0. The lowest BCUT2D eigenvalue weighted by atomic mass is 9.65. The zero-order valence-electron chi connectivity index (χ0n) is 14.3. The first kappa shape index (κ1) is 15.8. The molecular formula is C19H36N2. The maximum absolute atomic E-state index is 3.57. The van der Waals surface area contributed by atoms with Crippen LogP contribution in [-0.4, -0.2) is 37.1 Å². The average Bonchev–Trinajstić information content (AvgIpc) is 3.03. The van der Waals surface area contributed by atoms with Gasteiger partial charge in [0.25, 0.3) is 0 Å². The lowest BCUT2D eigenvalue weighted by Gasteiger charge is -2.47. The number of piperidine rings is 1. The molecule has 0 aromatic carbocycles. The smallest absolute Gasteiger partial charge is 0.0126 e. The predicted octanol–water partition coefficient (Wildman–Crippen LogP) is 3.91. The maximum Gasteiger partial charge on any atom is 0.0126 e. The van der Waals surface area contributed by atoms with E-state index in [9.17, 15) is 0 Å². The maximum atomic E-state index is 3.57. The van der Waals surface area contributed by atoms with E-state index in [1.54, 1.807) is 0 Å². The second kappa shape index (κ2) is 7.46. The number of likely N-dealkylation sites (tertiary alicyclic amines) is 1. The Morgan fingerprint density at radius 3 is 2.19 bits per heavy atom. The van der Waals surface area contributed by atoms with Crippen molar-refractivity contribution in [3.05, 3.63) is 0 Å². The fourth-order valence-electron chi connectivity index (χ4n) is 5.73. The van der Waals surface area contributed by atoms with Gasteiger partial charge in [-0.25, -0.2) is 0 Å². The van der Waals surface area contributed by atoms with Gasteiger partial charge in [0.05, 0.1) is 0 Å². The minimum atomic E-state index is 0.862. The zero-order chi connectivity index (χ0) is 14.7. The van der Waals surface area contributed by atoms with Gasteiger partial charge in [0.1, 0.15) is 0 Å². The number of rotatable bonds is 4. The molecule has 1 saturated carbocycles. The van der Waals surface area contributed by atoms with E-state index in [-0.39, 0.29) is 0 Å². The van der Waals surface area contributed by atoms with Crippen LogP contribution >= 0.6 is 0 Å². The average molecular weight is 293 g/mol. The van der Waals surface area contributed by atoms with Crippen LogP contribution in [0, 0.1) is 23.7 Å². The van der Waals surface area contributed by atoms with E-state index >= 15 is 0 Å². The molecule has 0 radical (unpaired) electrons. The van der Waals surface area contributed by atoms with Gasteiger partial charge in [-0.05, 0) is 88.4 Å². The second-order valence-corrected chi connectivity index (χ2v) is 8.17. The van der Waals surface area contributed by atoms with Gasteiger partial charge < -0.3 is 10.2 Å². The Kier molecular flexibility index (Phi) is 5.61. The molecule has 3 atom stereocenters. The molecule has 1 N–H and O–H groups in total. The Hall–Kier alpha value is -0.0800. The molecule has 2 nitrogen and oxygen atoms in total. The summed E-state index contributed by atoms with van der Waals surface area (Å²) in [4.78, 5) is 2.88. The van der Waals surface area contributed by atoms with Gasteiger partial charge in [0.15, 0.2) is 0 Å². The van der Waals surface area contributed by atoms with Gasteiger partial charge in [0, 0.05) is 6.04 Å². The van der Waals surface area contributed by atoms with Gasteiger partial charge >= 0.3 is 0 Å². The molecule has 2 saturated heterocycles. The molecular weight excluding hydrogens is 256 g/mol. The molecule has 2 aliphatic heterocycles. The summed E-state index contributed by atoms with van der Waals surface area (Å²) in [5, 5.41) is 3.57. The van der Waals surface area contributed by atoms with Crippen LogP contribution in [0.3, 0.4) is 0 Å². The molecule has 2 heterocycles. The highest BCUT2D eigenvalue weighted by Gasteiger charge is 2.40. The van der Waals surface area contributed by atoms with Crippen molar-refractivity contribution in [2.45, 2.75) is 71.3 Å². The molecule has 2 heteroatoms. The van der Waals surface area contributed by atoms with Crippen molar-refractivity contribution in [3.8, 4) is 0 Å². The van der Waals surface area contributed by atoms with Crippen LogP contribution in [0.15, 0.2) is 0 Å². The largest absolute Gasteiger partial charge is 0.317 e. The van der Waals surface area contributed by atoms with E-state index in [1.165, 1.54) is 77.5 Å². The Balaban J connectivity index is 1.74. The molecule has 0 amide bonds. The van der Waals surface area contributed by atoms with Crippen molar-refractivity contribution in [1.82, 2.24) is 10.2 Å². The number of nitrogens with zero attached hydrogens (tertiary/aromatic N) is 1. The Bertz CT molecular complexity index is 303. The standard InChI is InChI=1S/C19H36N2/c1-15(2)19(16-9-11-20-12-10-16)17-7-3-4-8-18(17)21-13-5-6-14-21/h15-20H,3-14H2,1-2H3/t17-,18+,19+/m0/s1. The molecule has 0 spiro atoms. The highest BCUT2D eigenvalue weighted by Crippen LogP contribution is 2.43. The molecule has 1 aliphatic carbocycles. The third-order valence-corrected chi connectivity index (χ3v) is 6.58. The van der Waals surface area contributed by atoms with Crippen molar-refractivity contribution in [3.63, 3.8) is 0 Å². The van der Waals surface area contributed by atoms with E-state index in [0.717, 1.165) is 29.7 Å². The predicted molar refractivity (Wildman–Crippen MR) is 90.5 cm³/mol. The molecule has 0 aromatic rings. The van der Waals surface area contributed by atoms with E-state index < -0.39 is 0 Å². The summed E-state index contributed by atoms with van der Waals surface area (Å²) in [5.74, 6) is 3.80. The molecule has 21 heavy (non-hydrogen) atoms. The van der Waals surface area contributed by atoms with Crippen LogP contribution in [-0.2, 0) is 0 Å². The van der Waals surface area contributed by atoms with E-state index in [4.69, 9.17) is 0 Å². The van der Waals surface area contributed by atoms with E-state index in [2.05, 4.69) is 24.1 Å². The van der Waals surface area contributed by atoms with Crippen molar-refractivity contribution in [2.24, 2.45) is 23.7 Å². The fourth-order valence-corrected chi connectivity index (χ4v) is 5.73. The molecule has 3 fully saturated rings. The minimum absolute atomic E-state index is 0.862. The summed E-state index contributed by atoms with van der Waals surface area (Å²) >= 11 is 0. The summed E-state index contributed by atoms with van der Waals surface area (Å²) in [6, 6.07) is 0.920. The molecule has 3 aliphatic rings. The van der Waals surface area contributed by atoms with Crippen LogP contribution in [0.5, 0.6) is 0 Å². The highest BCUT2D eigenvalue weighted by molar-refractivity contribution is 4.93. The van der Waals surface area contributed by atoms with Crippen LogP contribution in [0.25, 0.3) is 0 Å². The van der Waals surface area contributed by atoms with Crippen LogP contribution in [0.1, 0.15) is 65.2 Å². The normalized spacial score (nSPS) is 34.4.